The Hall–Kier alpha value is -0.460. The predicted octanol–water partition coefficient (Wildman–Crippen LogP) is 3.18. The highest BCUT2D eigenvalue weighted by atomic mass is 14.9. The van der Waals surface area contributed by atoms with Gasteiger partial charge in [0.25, 0.3) is 0 Å². The van der Waals surface area contributed by atoms with Gasteiger partial charge in [-0.25, -0.2) is 0 Å². The Morgan fingerprint density at radius 1 is 1.33 bits per heavy atom. The first kappa shape index (κ1) is 11.5. The standard InChI is InChI=1S/C11H23N/c1-6-7-10(4)11(5)12-8-9(2)3/h9-10,12H,5-8H2,1-4H3. The number of rotatable bonds is 6. The van der Waals surface area contributed by atoms with Gasteiger partial charge in [-0.3, -0.25) is 0 Å². The minimum absolute atomic E-state index is 0.619. The van der Waals surface area contributed by atoms with Crippen molar-refractivity contribution in [2.75, 3.05) is 6.54 Å². The highest BCUT2D eigenvalue weighted by molar-refractivity contribution is 4.95. The van der Waals surface area contributed by atoms with Crippen molar-refractivity contribution in [1.82, 2.24) is 5.32 Å². The Kier molecular flexibility index (Phi) is 5.87. The molecule has 0 saturated heterocycles. The summed E-state index contributed by atoms with van der Waals surface area (Å²) in [5, 5.41) is 3.37. The molecule has 1 N–H and O–H groups in total. The van der Waals surface area contributed by atoms with Gasteiger partial charge in [0, 0.05) is 12.2 Å². The SMILES string of the molecule is C=C(NCC(C)C)C(C)CCC. The average Bonchev–Trinajstić information content (AvgIpc) is 2.00. The zero-order chi connectivity index (χ0) is 9.56. The maximum absolute atomic E-state index is 4.03. The van der Waals surface area contributed by atoms with Gasteiger partial charge < -0.3 is 5.32 Å². The van der Waals surface area contributed by atoms with E-state index in [-0.39, 0.29) is 0 Å². The van der Waals surface area contributed by atoms with Gasteiger partial charge >= 0.3 is 0 Å². The topological polar surface area (TPSA) is 12.0 Å². The Balaban J connectivity index is 3.57. The smallest absolute Gasteiger partial charge is 0.0166 e. The van der Waals surface area contributed by atoms with E-state index in [0.29, 0.717) is 11.8 Å². The summed E-state index contributed by atoms with van der Waals surface area (Å²) in [6, 6.07) is 0. The van der Waals surface area contributed by atoms with Crippen LogP contribution in [0.4, 0.5) is 0 Å². The van der Waals surface area contributed by atoms with E-state index in [0.717, 1.165) is 6.54 Å². The Morgan fingerprint density at radius 2 is 1.92 bits per heavy atom. The van der Waals surface area contributed by atoms with Crippen molar-refractivity contribution in [3.63, 3.8) is 0 Å². The molecule has 0 aromatic rings. The molecular formula is C11H23N. The van der Waals surface area contributed by atoms with Crippen molar-refractivity contribution in [3.8, 4) is 0 Å². The number of hydrogen-bond acceptors (Lipinski definition) is 1. The van der Waals surface area contributed by atoms with Gasteiger partial charge in [-0.05, 0) is 18.3 Å². The first-order chi connectivity index (χ1) is 5.57. The molecule has 72 valence electrons. The fourth-order valence-electron chi connectivity index (χ4n) is 1.12. The fourth-order valence-corrected chi connectivity index (χ4v) is 1.12. The lowest BCUT2D eigenvalue weighted by Crippen LogP contribution is -2.22. The molecule has 1 atom stereocenters. The van der Waals surface area contributed by atoms with Gasteiger partial charge in [0.2, 0.25) is 0 Å². The van der Waals surface area contributed by atoms with Crippen LogP contribution in [0.2, 0.25) is 0 Å². The second-order valence-electron chi connectivity index (χ2n) is 3.99. The Labute approximate surface area is 77.2 Å². The molecule has 1 nitrogen and oxygen atoms in total. The van der Waals surface area contributed by atoms with Crippen LogP contribution in [0.1, 0.15) is 40.5 Å². The monoisotopic (exact) mass is 169 g/mol. The van der Waals surface area contributed by atoms with E-state index in [2.05, 4.69) is 39.6 Å². The maximum Gasteiger partial charge on any atom is 0.0166 e. The van der Waals surface area contributed by atoms with Crippen LogP contribution >= 0.6 is 0 Å². The van der Waals surface area contributed by atoms with Crippen molar-refractivity contribution in [2.45, 2.75) is 40.5 Å². The molecule has 0 saturated carbocycles. The zero-order valence-corrected chi connectivity index (χ0v) is 8.98. The molecule has 0 rings (SSSR count). The molecular weight excluding hydrogens is 146 g/mol. The number of allylic oxidation sites excluding steroid dienone is 1. The van der Waals surface area contributed by atoms with Gasteiger partial charge in [-0.2, -0.15) is 0 Å². The van der Waals surface area contributed by atoms with E-state index >= 15 is 0 Å². The third-order valence-electron chi connectivity index (χ3n) is 2.05. The summed E-state index contributed by atoms with van der Waals surface area (Å²) in [6.07, 6.45) is 2.48. The molecule has 0 bridgehead atoms. The molecule has 0 aliphatic rings. The molecule has 0 heterocycles. The fraction of sp³-hybridized carbons (Fsp3) is 0.818. The van der Waals surface area contributed by atoms with Crippen LogP contribution < -0.4 is 5.32 Å². The van der Waals surface area contributed by atoms with Crippen LogP contribution in [-0.4, -0.2) is 6.54 Å². The molecule has 1 unspecified atom stereocenters. The van der Waals surface area contributed by atoms with Crippen LogP contribution in [-0.2, 0) is 0 Å². The van der Waals surface area contributed by atoms with Crippen LogP contribution in [0.5, 0.6) is 0 Å². The summed E-state index contributed by atoms with van der Waals surface area (Å²) in [5.41, 5.74) is 1.20. The van der Waals surface area contributed by atoms with Crippen LogP contribution in [0.3, 0.4) is 0 Å². The molecule has 0 radical (unpaired) electrons. The van der Waals surface area contributed by atoms with Gasteiger partial charge in [-0.15, -0.1) is 0 Å². The maximum atomic E-state index is 4.03. The molecule has 0 aliphatic heterocycles. The van der Waals surface area contributed by atoms with Crippen molar-refractivity contribution < 1.29 is 0 Å². The third-order valence-corrected chi connectivity index (χ3v) is 2.05. The summed E-state index contributed by atoms with van der Waals surface area (Å²) in [5.74, 6) is 1.32. The van der Waals surface area contributed by atoms with Crippen molar-refractivity contribution in [2.24, 2.45) is 11.8 Å². The largest absolute Gasteiger partial charge is 0.388 e. The summed E-state index contributed by atoms with van der Waals surface area (Å²) in [7, 11) is 0. The lowest BCUT2D eigenvalue weighted by Gasteiger charge is -2.17. The second-order valence-corrected chi connectivity index (χ2v) is 3.99. The summed E-state index contributed by atoms with van der Waals surface area (Å²) in [4.78, 5) is 0. The van der Waals surface area contributed by atoms with Gasteiger partial charge in [0.1, 0.15) is 0 Å². The van der Waals surface area contributed by atoms with Crippen molar-refractivity contribution in [1.29, 1.82) is 0 Å². The highest BCUT2D eigenvalue weighted by Crippen LogP contribution is 2.11. The average molecular weight is 169 g/mol. The molecule has 0 aromatic carbocycles. The highest BCUT2D eigenvalue weighted by Gasteiger charge is 2.04. The molecule has 0 aromatic heterocycles. The third kappa shape index (κ3) is 5.22. The van der Waals surface area contributed by atoms with Gasteiger partial charge in [0.05, 0.1) is 0 Å². The van der Waals surface area contributed by atoms with Gasteiger partial charge in [0.15, 0.2) is 0 Å². The summed E-state index contributed by atoms with van der Waals surface area (Å²) >= 11 is 0. The number of hydrogen-bond donors (Lipinski definition) is 1. The van der Waals surface area contributed by atoms with Crippen molar-refractivity contribution in [3.05, 3.63) is 12.3 Å². The second kappa shape index (κ2) is 6.10. The molecule has 0 fully saturated rings. The first-order valence-corrected chi connectivity index (χ1v) is 5.00. The van der Waals surface area contributed by atoms with Crippen molar-refractivity contribution >= 4 is 0 Å². The Morgan fingerprint density at radius 3 is 2.33 bits per heavy atom. The minimum atomic E-state index is 0.619. The van der Waals surface area contributed by atoms with E-state index in [4.69, 9.17) is 0 Å². The van der Waals surface area contributed by atoms with Gasteiger partial charge in [-0.1, -0.05) is 40.7 Å². The first-order valence-electron chi connectivity index (χ1n) is 5.00. The quantitative estimate of drug-likeness (QED) is 0.644. The molecule has 0 amide bonds. The molecule has 12 heavy (non-hydrogen) atoms. The molecule has 0 spiro atoms. The van der Waals surface area contributed by atoms with E-state index < -0.39 is 0 Å². The van der Waals surface area contributed by atoms with E-state index in [1.54, 1.807) is 0 Å². The van der Waals surface area contributed by atoms with E-state index in [1.165, 1.54) is 18.5 Å². The minimum Gasteiger partial charge on any atom is -0.388 e. The lowest BCUT2D eigenvalue weighted by atomic mass is 10.0. The van der Waals surface area contributed by atoms with E-state index in [9.17, 15) is 0 Å². The normalized spacial score (nSPS) is 13.1. The number of nitrogens with one attached hydrogen (secondary N) is 1. The predicted molar refractivity (Wildman–Crippen MR) is 56.1 cm³/mol. The van der Waals surface area contributed by atoms with Crippen LogP contribution in [0.15, 0.2) is 12.3 Å². The zero-order valence-electron chi connectivity index (χ0n) is 8.98. The Bertz CT molecular complexity index is 127. The van der Waals surface area contributed by atoms with Crippen LogP contribution in [0.25, 0.3) is 0 Å². The lowest BCUT2D eigenvalue weighted by molar-refractivity contribution is 0.518. The summed E-state index contributed by atoms with van der Waals surface area (Å²) in [6.45, 7) is 14.0. The van der Waals surface area contributed by atoms with Crippen LogP contribution in [0, 0.1) is 11.8 Å². The summed E-state index contributed by atoms with van der Waals surface area (Å²) < 4.78 is 0. The van der Waals surface area contributed by atoms with E-state index in [1.807, 2.05) is 0 Å². The molecule has 1 heteroatoms. The molecule has 0 aliphatic carbocycles.